The molecular formula is C20H18N2O3S. The van der Waals surface area contributed by atoms with Crippen LogP contribution in [0.25, 0.3) is 11.1 Å². The highest BCUT2D eigenvalue weighted by atomic mass is 32.1. The highest BCUT2D eigenvalue weighted by Gasteiger charge is 2.25. The molecule has 5 nitrogen and oxygen atoms in total. The largest absolute Gasteiger partial charge is 0.493 e. The number of aryl methyl sites for hydroxylation is 1. The van der Waals surface area contributed by atoms with Gasteiger partial charge in [0.2, 0.25) is 0 Å². The zero-order chi connectivity index (χ0) is 18.1. The first-order chi connectivity index (χ1) is 12.6. The monoisotopic (exact) mass is 366 g/mol. The summed E-state index contributed by atoms with van der Waals surface area (Å²) in [4.78, 5) is 16.6. The molecule has 4 rings (SSSR count). The molecule has 132 valence electrons. The molecule has 0 unspecified atom stereocenters. The number of ether oxygens (including phenoxy) is 1. The van der Waals surface area contributed by atoms with E-state index in [9.17, 15) is 9.90 Å². The standard InChI is InChI=1S/C20H18N2O3S/c1-12-6-14(11-26-12)13-2-3-16-15(10-25-19(16)7-13)8-22-18-9-21-5-4-17(18)20(23)24/h2-7,9,11,15,22H,8,10H2,1H3,(H,23,24)/t15-/m0/s1. The maximum absolute atomic E-state index is 11.3. The Kier molecular flexibility index (Phi) is 4.34. The highest BCUT2D eigenvalue weighted by molar-refractivity contribution is 7.10. The van der Waals surface area contributed by atoms with Crippen molar-refractivity contribution in [3.05, 3.63) is 64.1 Å². The molecule has 2 N–H and O–H groups in total. The number of pyridine rings is 1. The Labute approximate surface area is 155 Å². The van der Waals surface area contributed by atoms with Crippen LogP contribution in [-0.2, 0) is 0 Å². The lowest BCUT2D eigenvalue weighted by Crippen LogP contribution is -2.16. The quantitative estimate of drug-likeness (QED) is 0.700. The molecule has 0 fully saturated rings. The molecular weight excluding hydrogens is 348 g/mol. The van der Waals surface area contributed by atoms with Crippen molar-refractivity contribution < 1.29 is 14.6 Å². The van der Waals surface area contributed by atoms with Crippen LogP contribution in [0.2, 0.25) is 0 Å². The Morgan fingerprint density at radius 1 is 1.35 bits per heavy atom. The van der Waals surface area contributed by atoms with Gasteiger partial charge in [-0.05, 0) is 41.6 Å². The van der Waals surface area contributed by atoms with E-state index in [4.69, 9.17) is 4.74 Å². The van der Waals surface area contributed by atoms with E-state index in [1.807, 2.05) is 0 Å². The third-order valence-corrected chi connectivity index (χ3v) is 5.41. The lowest BCUT2D eigenvalue weighted by Gasteiger charge is -2.13. The van der Waals surface area contributed by atoms with Gasteiger partial charge in [0, 0.05) is 29.1 Å². The van der Waals surface area contributed by atoms with E-state index < -0.39 is 5.97 Å². The van der Waals surface area contributed by atoms with Gasteiger partial charge in [-0.1, -0.05) is 12.1 Å². The molecule has 1 aliphatic heterocycles. The summed E-state index contributed by atoms with van der Waals surface area (Å²) in [5, 5.41) is 14.6. The first kappa shape index (κ1) is 16.6. The van der Waals surface area contributed by atoms with Crippen LogP contribution < -0.4 is 10.1 Å². The van der Waals surface area contributed by atoms with Crippen LogP contribution in [0.5, 0.6) is 5.75 Å². The predicted octanol–water partition coefficient (Wildman–Crippen LogP) is 4.40. The zero-order valence-electron chi connectivity index (χ0n) is 14.2. The number of aromatic nitrogens is 1. The minimum absolute atomic E-state index is 0.171. The number of thiophene rings is 1. The van der Waals surface area contributed by atoms with E-state index in [1.165, 1.54) is 22.7 Å². The summed E-state index contributed by atoms with van der Waals surface area (Å²) in [6, 6.07) is 9.99. The lowest BCUT2D eigenvalue weighted by molar-refractivity contribution is 0.0698. The average molecular weight is 366 g/mol. The molecule has 3 aromatic rings. The molecule has 1 atom stereocenters. The van der Waals surface area contributed by atoms with Crippen molar-refractivity contribution in [1.29, 1.82) is 0 Å². The molecule has 1 aromatic carbocycles. The van der Waals surface area contributed by atoms with Gasteiger partial charge in [-0.2, -0.15) is 0 Å². The van der Waals surface area contributed by atoms with Crippen LogP contribution in [0.4, 0.5) is 5.69 Å². The van der Waals surface area contributed by atoms with Gasteiger partial charge >= 0.3 is 5.97 Å². The summed E-state index contributed by atoms with van der Waals surface area (Å²) < 4.78 is 5.88. The summed E-state index contributed by atoms with van der Waals surface area (Å²) in [5.41, 5.74) is 4.26. The van der Waals surface area contributed by atoms with Crippen LogP contribution in [0.3, 0.4) is 0 Å². The van der Waals surface area contributed by atoms with Crippen molar-refractivity contribution in [3.63, 3.8) is 0 Å². The number of hydrogen-bond donors (Lipinski definition) is 2. The number of carbonyl (C=O) groups is 1. The number of carboxylic acid groups (broad SMARTS) is 1. The number of hydrogen-bond acceptors (Lipinski definition) is 5. The van der Waals surface area contributed by atoms with Crippen molar-refractivity contribution >= 4 is 23.0 Å². The number of nitrogens with one attached hydrogen (secondary N) is 1. The molecule has 0 saturated carbocycles. The average Bonchev–Trinajstić information content (AvgIpc) is 3.25. The maximum atomic E-state index is 11.3. The van der Waals surface area contributed by atoms with Gasteiger partial charge in [-0.3, -0.25) is 4.98 Å². The van der Waals surface area contributed by atoms with Crippen LogP contribution >= 0.6 is 11.3 Å². The molecule has 1 aliphatic rings. The van der Waals surface area contributed by atoms with E-state index in [-0.39, 0.29) is 11.5 Å². The molecule has 0 bridgehead atoms. The molecule has 26 heavy (non-hydrogen) atoms. The van der Waals surface area contributed by atoms with Gasteiger partial charge in [-0.15, -0.1) is 11.3 Å². The first-order valence-electron chi connectivity index (χ1n) is 8.35. The van der Waals surface area contributed by atoms with E-state index >= 15 is 0 Å². The van der Waals surface area contributed by atoms with Gasteiger partial charge in [0.1, 0.15) is 5.75 Å². The number of benzene rings is 1. The smallest absolute Gasteiger partial charge is 0.337 e. The molecule has 2 aromatic heterocycles. The van der Waals surface area contributed by atoms with Crippen molar-refractivity contribution in [1.82, 2.24) is 4.98 Å². The van der Waals surface area contributed by atoms with E-state index in [0.717, 1.165) is 16.9 Å². The fourth-order valence-corrected chi connectivity index (χ4v) is 3.89. The van der Waals surface area contributed by atoms with Gasteiger partial charge in [0.25, 0.3) is 0 Å². The minimum atomic E-state index is -0.964. The van der Waals surface area contributed by atoms with Crippen molar-refractivity contribution in [2.45, 2.75) is 12.8 Å². The topological polar surface area (TPSA) is 71.5 Å². The summed E-state index contributed by atoms with van der Waals surface area (Å²) in [6.45, 7) is 3.27. The zero-order valence-corrected chi connectivity index (χ0v) is 15.0. The number of nitrogens with zero attached hydrogens (tertiary/aromatic N) is 1. The number of carboxylic acids is 1. The second-order valence-corrected chi connectivity index (χ2v) is 7.43. The third-order valence-electron chi connectivity index (χ3n) is 4.55. The summed E-state index contributed by atoms with van der Waals surface area (Å²) in [7, 11) is 0. The van der Waals surface area contributed by atoms with E-state index in [1.54, 1.807) is 17.5 Å². The number of fused-ring (bicyclic) bond motifs is 1. The number of anilines is 1. The van der Waals surface area contributed by atoms with Gasteiger partial charge < -0.3 is 15.2 Å². The SMILES string of the molecule is Cc1cc(-c2ccc3c(c2)OC[C@@H]3CNc2cnccc2C(=O)O)cs1. The maximum Gasteiger partial charge on any atom is 0.337 e. The molecule has 0 amide bonds. The Bertz CT molecular complexity index is 967. The Morgan fingerprint density at radius 3 is 3.00 bits per heavy atom. The van der Waals surface area contributed by atoms with Crippen LogP contribution in [0.15, 0.2) is 48.1 Å². The van der Waals surface area contributed by atoms with Crippen molar-refractivity contribution in [2.24, 2.45) is 0 Å². The Hall–Kier alpha value is -2.86. The normalized spacial score (nSPS) is 15.3. The first-order valence-corrected chi connectivity index (χ1v) is 9.23. The van der Waals surface area contributed by atoms with Gasteiger partial charge in [0.15, 0.2) is 0 Å². The van der Waals surface area contributed by atoms with Gasteiger partial charge in [-0.25, -0.2) is 4.79 Å². The predicted molar refractivity (Wildman–Crippen MR) is 102 cm³/mol. The van der Waals surface area contributed by atoms with Crippen LogP contribution in [-0.4, -0.2) is 29.2 Å². The summed E-state index contributed by atoms with van der Waals surface area (Å²) >= 11 is 1.74. The molecule has 0 spiro atoms. The molecule has 0 aliphatic carbocycles. The fourth-order valence-electron chi connectivity index (χ4n) is 3.18. The second kappa shape index (κ2) is 6.80. The van der Waals surface area contributed by atoms with E-state index in [0.29, 0.717) is 18.8 Å². The fraction of sp³-hybridized carbons (Fsp3) is 0.200. The van der Waals surface area contributed by atoms with E-state index in [2.05, 4.69) is 46.9 Å². The number of rotatable bonds is 5. The number of aromatic carboxylic acids is 1. The van der Waals surface area contributed by atoms with Crippen LogP contribution in [0.1, 0.15) is 26.7 Å². The second-order valence-electron chi connectivity index (χ2n) is 6.31. The highest BCUT2D eigenvalue weighted by Crippen LogP contribution is 2.38. The van der Waals surface area contributed by atoms with Gasteiger partial charge in [0.05, 0.1) is 24.1 Å². The third kappa shape index (κ3) is 3.15. The molecule has 3 heterocycles. The summed E-state index contributed by atoms with van der Waals surface area (Å²) in [5.74, 6) is 0.113. The molecule has 6 heteroatoms. The molecule has 0 radical (unpaired) electrons. The van der Waals surface area contributed by atoms with Crippen LogP contribution in [0, 0.1) is 6.92 Å². The van der Waals surface area contributed by atoms with Crippen molar-refractivity contribution in [2.75, 3.05) is 18.5 Å². The Morgan fingerprint density at radius 2 is 2.23 bits per heavy atom. The Balaban J connectivity index is 1.51. The van der Waals surface area contributed by atoms with Crippen molar-refractivity contribution in [3.8, 4) is 16.9 Å². The molecule has 0 saturated heterocycles. The lowest BCUT2D eigenvalue weighted by atomic mass is 9.98. The summed E-state index contributed by atoms with van der Waals surface area (Å²) in [6.07, 6.45) is 3.03. The minimum Gasteiger partial charge on any atom is -0.493 e.